The second-order valence-electron chi connectivity index (χ2n) is 4.98. The van der Waals surface area contributed by atoms with Gasteiger partial charge in [0.15, 0.2) is 0 Å². The van der Waals surface area contributed by atoms with Gasteiger partial charge in [0.25, 0.3) is 5.91 Å². The van der Waals surface area contributed by atoms with E-state index >= 15 is 0 Å². The van der Waals surface area contributed by atoms with Crippen LogP contribution in [0.2, 0.25) is 0 Å². The van der Waals surface area contributed by atoms with E-state index in [1.807, 2.05) is 36.4 Å². The van der Waals surface area contributed by atoms with Gasteiger partial charge in [0.1, 0.15) is 5.75 Å². The van der Waals surface area contributed by atoms with Crippen molar-refractivity contribution in [3.63, 3.8) is 0 Å². The molecule has 2 aromatic heterocycles. The van der Waals surface area contributed by atoms with Crippen molar-refractivity contribution >= 4 is 21.8 Å². The van der Waals surface area contributed by atoms with Crippen molar-refractivity contribution in [2.24, 2.45) is 0 Å². The van der Waals surface area contributed by atoms with E-state index in [0.29, 0.717) is 23.7 Å². The van der Waals surface area contributed by atoms with Gasteiger partial charge in [0.2, 0.25) is 5.88 Å². The summed E-state index contributed by atoms with van der Waals surface area (Å²) in [6, 6.07) is 14.5. The fourth-order valence-corrected chi connectivity index (χ4v) is 2.25. The molecule has 0 radical (unpaired) electrons. The van der Waals surface area contributed by atoms with Gasteiger partial charge in [0, 0.05) is 35.7 Å². The largest absolute Gasteiger partial charge is 0.439 e. The molecule has 24 heavy (non-hydrogen) atoms. The van der Waals surface area contributed by atoms with Crippen LogP contribution in [0.1, 0.15) is 15.9 Å². The molecule has 0 aliphatic rings. The molecule has 3 rings (SSSR count). The van der Waals surface area contributed by atoms with Gasteiger partial charge in [-0.1, -0.05) is 15.9 Å². The molecule has 6 heteroatoms. The van der Waals surface area contributed by atoms with Crippen LogP contribution in [0.15, 0.2) is 71.6 Å². The second kappa shape index (κ2) is 7.70. The van der Waals surface area contributed by atoms with Crippen molar-refractivity contribution < 1.29 is 9.53 Å². The molecule has 0 spiro atoms. The maximum Gasteiger partial charge on any atom is 0.253 e. The lowest BCUT2D eigenvalue weighted by Gasteiger charge is -2.07. The summed E-state index contributed by atoms with van der Waals surface area (Å²) in [5.74, 6) is 0.929. The Morgan fingerprint density at radius 2 is 1.79 bits per heavy atom. The summed E-state index contributed by atoms with van der Waals surface area (Å²) in [7, 11) is 0. The third-order valence-electron chi connectivity index (χ3n) is 3.24. The van der Waals surface area contributed by atoms with Crippen molar-refractivity contribution in [3.8, 4) is 11.6 Å². The highest BCUT2D eigenvalue weighted by Gasteiger charge is 2.07. The topological polar surface area (TPSA) is 64.1 Å². The molecule has 2 heterocycles. The Morgan fingerprint density at radius 1 is 1.04 bits per heavy atom. The molecule has 0 saturated carbocycles. The zero-order valence-corrected chi connectivity index (χ0v) is 14.2. The smallest absolute Gasteiger partial charge is 0.253 e. The maximum absolute atomic E-state index is 12.1. The molecule has 1 N–H and O–H groups in total. The normalized spacial score (nSPS) is 10.2. The van der Waals surface area contributed by atoms with Gasteiger partial charge in [-0.25, -0.2) is 4.98 Å². The molecule has 0 aliphatic carbocycles. The lowest BCUT2D eigenvalue weighted by Crippen LogP contribution is -2.22. The molecule has 1 aromatic carbocycles. The van der Waals surface area contributed by atoms with Crippen molar-refractivity contribution in [2.45, 2.75) is 6.54 Å². The molecular formula is C18H14BrN3O2. The Bertz CT molecular complexity index is 806. The second-order valence-corrected chi connectivity index (χ2v) is 5.89. The molecule has 0 unspecified atom stereocenters. The number of nitrogens with one attached hydrogen (secondary N) is 1. The van der Waals surface area contributed by atoms with E-state index in [2.05, 4.69) is 31.2 Å². The van der Waals surface area contributed by atoms with Crippen molar-refractivity contribution in [3.05, 3.63) is 82.7 Å². The Labute approximate surface area is 147 Å². The molecule has 0 bridgehead atoms. The van der Waals surface area contributed by atoms with E-state index in [-0.39, 0.29) is 5.91 Å². The first-order valence-corrected chi connectivity index (χ1v) is 8.06. The third kappa shape index (κ3) is 4.39. The van der Waals surface area contributed by atoms with Crippen LogP contribution in [0.25, 0.3) is 0 Å². The van der Waals surface area contributed by atoms with Crippen LogP contribution in [0.4, 0.5) is 0 Å². The Balaban J connectivity index is 1.59. The number of hydrogen-bond acceptors (Lipinski definition) is 4. The van der Waals surface area contributed by atoms with Crippen LogP contribution in [-0.2, 0) is 6.54 Å². The van der Waals surface area contributed by atoms with Crippen molar-refractivity contribution in [1.29, 1.82) is 0 Å². The van der Waals surface area contributed by atoms with E-state index in [1.165, 1.54) is 6.20 Å². The number of carbonyl (C=O) groups is 1. The van der Waals surface area contributed by atoms with Crippen LogP contribution in [0, 0.1) is 0 Å². The van der Waals surface area contributed by atoms with Gasteiger partial charge in [-0.3, -0.25) is 9.78 Å². The summed E-state index contributed by atoms with van der Waals surface area (Å²) < 4.78 is 6.60. The number of pyridine rings is 2. The quantitative estimate of drug-likeness (QED) is 0.723. The molecule has 120 valence electrons. The minimum absolute atomic E-state index is 0.186. The first-order chi connectivity index (χ1) is 11.7. The summed E-state index contributed by atoms with van der Waals surface area (Å²) in [6.07, 6.45) is 4.88. The summed E-state index contributed by atoms with van der Waals surface area (Å²) in [5, 5.41) is 2.84. The van der Waals surface area contributed by atoms with E-state index in [4.69, 9.17) is 4.74 Å². The lowest BCUT2D eigenvalue weighted by molar-refractivity contribution is 0.0950. The number of rotatable bonds is 5. The van der Waals surface area contributed by atoms with E-state index in [0.717, 1.165) is 10.0 Å². The molecule has 0 fully saturated rings. The van der Waals surface area contributed by atoms with Crippen LogP contribution < -0.4 is 10.1 Å². The van der Waals surface area contributed by atoms with E-state index < -0.39 is 0 Å². The minimum Gasteiger partial charge on any atom is -0.439 e. The van der Waals surface area contributed by atoms with Gasteiger partial charge < -0.3 is 10.1 Å². The Hall–Kier alpha value is -2.73. The average Bonchev–Trinajstić information content (AvgIpc) is 2.63. The predicted octanol–water partition coefficient (Wildman–Crippen LogP) is 3.96. The molecular weight excluding hydrogens is 370 g/mol. The Kier molecular flexibility index (Phi) is 5.18. The van der Waals surface area contributed by atoms with Gasteiger partial charge in [-0.2, -0.15) is 0 Å². The fourth-order valence-electron chi connectivity index (χ4n) is 1.98. The zero-order chi connectivity index (χ0) is 16.8. The van der Waals surface area contributed by atoms with Crippen LogP contribution >= 0.6 is 15.9 Å². The molecule has 0 atom stereocenters. The number of hydrogen-bond donors (Lipinski definition) is 1. The number of nitrogens with zero attached hydrogens (tertiary/aromatic N) is 2. The van der Waals surface area contributed by atoms with Crippen LogP contribution in [0.3, 0.4) is 0 Å². The Morgan fingerprint density at radius 3 is 2.46 bits per heavy atom. The van der Waals surface area contributed by atoms with Crippen molar-refractivity contribution in [2.75, 3.05) is 0 Å². The van der Waals surface area contributed by atoms with E-state index in [1.54, 1.807) is 24.5 Å². The summed E-state index contributed by atoms with van der Waals surface area (Å²) >= 11 is 3.37. The predicted molar refractivity (Wildman–Crippen MR) is 93.9 cm³/mol. The minimum atomic E-state index is -0.186. The monoisotopic (exact) mass is 383 g/mol. The standard InChI is InChI=1S/C18H14BrN3O2/c19-15-2-4-16(5-3-15)24-17-6-1-14(12-21-17)18(23)22-11-13-7-9-20-10-8-13/h1-10,12H,11H2,(H,22,23). The fraction of sp³-hybridized carbons (Fsp3) is 0.0556. The molecule has 1 amide bonds. The van der Waals surface area contributed by atoms with Gasteiger partial charge >= 0.3 is 0 Å². The van der Waals surface area contributed by atoms with Gasteiger partial charge in [-0.15, -0.1) is 0 Å². The number of aromatic nitrogens is 2. The van der Waals surface area contributed by atoms with E-state index in [9.17, 15) is 4.79 Å². The number of benzene rings is 1. The molecule has 0 aliphatic heterocycles. The maximum atomic E-state index is 12.1. The summed E-state index contributed by atoms with van der Waals surface area (Å²) in [5.41, 5.74) is 1.47. The molecule has 0 saturated heterocycles. The number of carbonyl (C=O) groups excluding carboxylic acids is 1. The SMILES string of the molecule is O=C(NCc1ccncc1)c1ccc(Oc2ccc(Br)cc2)nc1. The van der Waals surface area contributed by atoms with Gasteiger partial charge in [-0.05, 0) is 48.0 Å². The first-order valence-electron chi connectivity index (χ1n) is 7.27. The number of amides is 1. The average molecular weight is 384 g/mol. The van der Waals surface area contributed by atoms with Crippen LogP contribution in [-0.4, -0.2) is 15.9 Å². The third-order valence-corrected chi connectivity index (χ3v) is 3.77. The summed E-state index contributed by atoms with van der Waals surface area (Å²) in [6.45, 7) is 0.443. The highest BCUT2D eigenvalue weighted by molar-refractivity contribution is 9.10. The molecule has 5 nitrogen and oxygen atoms in total. The zero-order valence-electron chi connectivity index (χ0n) is 12.6. The number of ether oxygens (including phenoxy) is 1. The lowest BCUT2D eigenvalue weighted by atomic mass is 10.2. The highest BCUT2D eigenvalue weighted by atomic mass is 79.9. The summed E-state index contributed by atoms with van der Waals surface area (Å²) in [4.78, 5) is 20.2. The number of halogens is 1. The van der Waals surface area contributed by atoms with Crippen molar-refractivity contribution in [1.82, 2.24) is 15.3 Å². The molecule has 3 aromatic rings. The highest BCUT2D eigenvalue weighted by Crippen LogP contribution is 2.21. The first kappa shape index (κ1) is 16.1. The van der Waals surface area contributed by atoms with Gasteiger partial charge in [0.05, 0.1) is 5.56 Å². The van der Waals surface area contributed by atoms with Crippen LogP contribution in [0.5, 0.6) is 11.6 Å².